The normalized spacial score (nSPS) is 21.7. The van der Waals surface area contributed by atoms with Gasteiger partial charge in [0, 0.05) is 36.2 Å². The minimum atomic E-state index is -2.78. The molecule has 2 atom stereocenters. The van der Waals surface area contributed by atoms with Crippen molar-refractivity contribution in [2.45, 2.75) is 31.4 Å². The molecule has 2 saturated heterocycles. The third-order valence-electron chi connectivity index (χ3n) is 7.72. The molecule has 2 aliphatic heterocycles. The number of hydrogen-bond donors (Lipinski definition) is 1. The van der Waals surface area contributed by atoms with Gasteiger partial charge in [0.1, 0.15) is 6.17 Å². The molecule has 0 radical (unpaired) electrons. The number of rotatable bonds is 6. The fourth-order valence-electron chi connectivity index (χ4n) is 5.12. The topological polar surface area (TPSA) is 109 Å². The minimum Gasteiger partial charge on any atom is -0.370 e. The van der Waals surface area contributed by atoms with Crippen molar-refractivity contribution in [1.82, 2.24) is 24.7 Å². The van der Waals surface area contributed by atoms with Gasteiger partial charge in [0.15, 0.2) is 0 Å². The third kappa shape index (κ3) is 4.25. The molecule has 2 amide bonds. The second-order valence-electron chi connectivity index (χ2n) is 10.7. The molecule has 0 unspecified atom stereocenters. The van der Waals surface area contributed by atoms with E-state index in [2.05, 4.69) is 20.6 Å². The average molecular weight is 552 g/mol. The summed E-state index contributed by atoms with van der Waals surface area (Å²) in [6.07, 6.45) is 2.65. The van der Waals surface area contributed by atoms with E-state index in [-0.39, 0.29) is 29.5 Å². The fraction of sp³-hybridized carbons (Fsp3) is 0.370. The molecule has 7 rings (SSSR count). The zero-order valence-electron chi connectivity index (χ0n) is 21.4. The van der Waals surface area contributed by atoms with Crippen LogP contribution in [0.15, 0.2) is 47.2 Å². The van der Waals surface area contributed by atoms with Gasteiger partial charge in [-0.25, -0.2) is 17.7 Å². The second kappa shape index (κ2) is 8.80. The van der Waals surface area contributed by atoms with E-state index < -0.39 is 25.2 Å². The molecule has 1 saturated carbocycles. The first-order valence-electron chi connectivity index (χ1n) is 12.9. The number of amides is 2. The van der Waals surface area contributed by atoms with Crippen LogP contribution in [-0.4, -0.2) is 74.7 Å². The zero-order chi connectivity index (χ0) is 27.8. The summed E-state index contributed by atoms with van der Waals surface area (Å²) in [5, 5.41) is 11.2. The first-order chi connectivity index (χ1) is 19.1. The molecule has 1 aromatic carbocycles. The van der Waals surface area contributed by atoms with E-state index in [0.717, 1.165) is 11.3 Å². The summed E-state index contributed by atoms with van der Waals surface area (Å²) in [5.74, 6) is -3.47. The van der Waals surface area contributed by atoms with Crippen LogP contribution in [0.25, 0.3) is 16.9 Å². The van der Waals surface area contributed by atoms with Gasteiger partial charge in [-0.05, 0) is 37.1 Å². The first kappa shape index (κ1) is 24.6. The number of nitrogens with one attached hydrogen (secondary N) is 1. The number of fused-ring (bicyclic) bond motifs is 1. The molecule has 1 aliphatic carbocycles. The summed E-state index contributed by atoms with van der Waals surface area (Å²) in [6.45, 7) is 1.67. The lowest BCUT2D eigenvalue weighted by Crippen LogP contribution is -2.64. The lowest BCUT2D eigenvalue weighted by molar-refractivity contribution is -0.170. The Morgan fingerprint density at radius 1 is 1.15 bits per heavy atom. The molecule has 206 valence electrons. The van der Waals surface area contributed by atoms with Gasteiger partial charge in [0.05, 0.1) is 42.2 Å². The number of carbonyl (C=O) groups is 2. The van der Waals surface area contributed by atoms with Crippen molar-refractivity contribution in [2.24, 2.45) is 5.92 Å². The number of aryl methyl sites for hydroxylation is 1. The molecular formula is C27H24F3N7O3. The predicted molar refractivity (Wildman–Crippen MR) is 137 cm³/mol. The van der Waals surface area contributed by atoms with Crippen LogP contribution in [0.5, 0.6) is 0 Å². The summed E-state index contributed by atoms with van der Waals surface area (Å²) in [5.41, 5.74) is 3.73. The highest BCUT2D eigenvalue weighted by Gasteiger charge is 2.49. The van der Waals surface area contributed by atoms with E-state index in [1.54, 1.807) is 22.8 Å². The van der Waals surface area contributed by atoms with E-state index >= 15 is 0 Å². The van der Waals surface area contributed by atoms with Gasteiger partial charge < -0.3 is 19.6 Å². The van der Waals surface area contributed by atoms with E-state index in [1.165, 1.54) is 11.1 Å². The Kier molecular flexibility index (Phi) is 5.41. The number of anilines is 2. The Hall–Kier alpha value is -4.42. The second-order valence-corrected chi connectivity index (χ2v) is 10.7. The van der Waals surface area contributed by atoms with E-state index in [0.29, 0.717) is 47.7 Å². The molecule has 13 heteroatoms. The van der Waals surface area contributed by atoms with Crippen LogP contribution in [0.3, 0.4) is 0 Å². The van der Waals surface area contributed by atoms with Gasteiger partial charge in [-0.15, -0.1) is 0 Å². The van der Waals surface area contributed by atoms with Crippen molar-refractivity contribution < 1.29 is 27.3 Å². The van der Waals surface area contributed by atoms with Crippen LogP contribution in [0.1, 0.15) is 34.2 Å². The lowest BCUT2D eigenvalue weighted by atomic mass is 9.95. The van der Waals surface area contributed by atoms with Crippen LogP contribution in [-0.2, 0) is 4.79 Å². The number of aromatic nitrogens is 4. The molecule has 3 aromatic heterocycles. The monoisotopic (exact) mass is 551 g/mol. The number of hydrogen-bond acceptors (Lipinski definition) is 7. The first-order valence-corrected chi connectivity index (χ1v) is 12.9. The van der Waals surface area contributed by atoms with Crippen molar-refractivity contribution in [3.63, 3.8) is 0 Å². The molecule has 5 heterocycles. The van der Waals surface area contributed by atoms with E-state index in [9.17, 15) is 22.8 Å². The molecule has 40 heavy (non-hydrogen) atoms. The van der Waals surface area contributed by atoms with Crippen LogP contribution < -0.4 is 10.2 Å². The van der Waals surface area contributed by atoms with Crippen LogP contribution in [0, 0.1) is 12.8 Å². The number of pyridine rings is 1. The average Bonchev–Trinajstić information content (AvgIpc) is 3.26. The Morgan fingerprint density at radius 3 is 2.65 bits per heavy atom. The summed E-state index contributed by atoms with van der Waals surface area (Å²) < 4.78 is 46.4. The van der Waals surface area contributed by atoms with Gasteiger partial charge in [0.2, 0.25) is 17.6 Å². The number of halogens is 3. The highest BCUT2D eigenvalue weighted by molar-refractivity contribution is 6.09. The van der Waals surface area contributed by atoms with Gasteiger partial charge in [-0.2, -0.15) is 10.1 Å². The molecule has 0 spiro atoms. The maximum absolute atomic E-state index is 13.4. The Balaban J connectivity index is 1.06. The summed E-state index contributed by atoms with van der Waals surface area (Å²) >= 11 is 0. The maximum Gasteiger partial charge on any atom is 0.282 e. The quantitative estimate of drug-likeness (QED) is 0.389. The van der Waals surface area contributed by atoms with Gasteiger partial charge >= 0.3 is 0 Å². The highest BCUT2D eigenvalue weighted by atomic mass is 19.3. The smallest absolute Gasteiger partial charge is 0.282 e. The van der Waals surface area contributed by atoms with E-state index in [1.807, 2.05) is 30.0 Å². The number of likely N-dealkylation sites (tertiary alicyclic amines) is 1. The van der Waals surface area contributed by atoms with Crippen molar-refractivity contribution in [3.8, 4) is 11.4 Å². The summed E-state index contributed by atoms with van der Waals surface area (Å²) in [7, 11) is 0. The molecule has 4 aromatic rings. The standard InChI is InChI=1S/C27H24F3N7O3/c1-14-2-3-15(23-33-25(40-34-23)18-8-20(18)28)6-21(14)32-24(38)19-9-31-37-5-4-17(7-22(19)37)35-10-16(11-35)26(39)36-12-27(29,30)13-36/h2-7,9,16,18,20H,8,10-13H2,1H3,(H,32,38)/t18-,20-/m0/s1. The minimum absolute atomic E-state index is 0.249. The number of benzene rings is 1. The number of nitrogens with zero attached hydrogens (tertiary/aromatic N) is 6. The van der Waals surface area contributed by atoms with Crippen LogP contribution >= 0.6 is 0 Å². The summed E-state index contributed by atoms with van der Waals surface area (Å²) in [4.78, 5) is 33.2. The lowest BCUT2D eigenvalue weighted by Gasteiger charge is -2.46. The SMILES string of the molecule is Cc1ccc(-c2noc([C@H]3C[C@@H]3F)n2)cc1NC(=O)c1cnn2ccc(N3CC(C(=O)N4CC(F)(F)C4)C3)cc12. The molecule has 10 nitrogen and oxygen atoms in total. The predicted octanol–water partition coefficient (Wildman–Crippen LogP) is 3.68. The van der Waals surface area contributed by atoms with Gasteiger partial charge in [-0.3, -0.25) is 9.59 Å². The van der Waals surface area contributed by atoms with Crippen LogP contribution in [0.2, 0.25) is 0 Å². The van der Waals surface area contributed by atoms with Crippen molar-refractivity contribution >= 4 is 28.7 Å². The molecule has 3 aliphatic rings. The maximum atomic E-state index is 13.4. The third-order valence-corrected chi connectivity index (χ3v) is 7.72. The summed E-state index contributed by atoms with van der Waals surface area (Å²) in [6, 6.07) is 9.02. The van der Waals surface area contributed by atoms with Crippen molar-refractivity contribution in [1.29, 1.82) is 0 Å². The molecular weight excluding hydrogens is 527 g/mol. The van der Waals surface area contributed by atoms with E-state index in [4.69, 9.17) is 4.52 Å². The number of alkyl halides is 3. The van der Waals surface area contributed by atoms with Gasteiger partial charge in [-0.1, -0.05) is 17.3 Å². The Bertz CT molecular complexity index is 1650. The Labute approximate surface area is 225 Å². The largest absolute Gasteiger partial charge is 0.370 e. The Morgan fingerprint density at radius 2 is 1.93 bits per heavy atom. The fourth-order valence-corrected chi connectivity index (χ4v) is 5.12. The molecule has 0 bridgehead atoms. The van der Waals surface area contributed by atoms with Crippen LogP contribution in [0.4, 0.5) is 24.5 Å². The van der Waals surface area contributed by atoms with Crippen molar-refractivity contribution in [3.05, 3.63) is 59.7 Å². The molecule has 1 N–H and O–H groups in total. The number of carbonyl (C=O) groups excluding carboxylic acids is 2. The van der Waals surface area contributed by atoms with Crippen molar-refractivity contribution in [2.75, 3.05) is 36.4 Å². The highest BCUT2D eigenvalue weighted by Crippen LogP contribution is 2.43. The van der Waals surface area contributed by atoms with Gasteiger partial charge in [0.25, 0.3) is 11.8 Å². The molecule has 3 fully saturated rings. The zero-order valence-corrected chi connectivity index (χ0v) is 21.4.